The molecule has 1 saturated heterocycles. The fourth-order valence-electron chi connectivity index (χ4n) is 3.14. The standard InChI is InChI=1S/C14H17BrClNO3S/c15-11-5-4-10(9-16)8-14(11)21(18,19)17-6-7-20-13-3-1-2-12(13)17/h4-5,8,12-13H,1-3,6-7,9H2. The predicted molar refractivity (Wildman–Crippen MR) is 85.0 cm³/mol. The highest BCUT2D eigenvalue weighted by Gasteiger charge is 2.42. The molecule has 3 rings (SSSR count). The SMILES string of the molecule is O=S(=O)(c1cc(CCl)ccc1Br)N1CCOC2CCCC21. The number of halogens is 2. The minimum absolute atomic E-state index is 0.0321. The van der Waals surface area contributed by atoms with Crippen LogP contribution in [0.5, 0.6) is 0 Å². The maximum atomic E-state index is 13.0. The lowest BCUT2D eigenvalue weighted by atomic mass is 10.2. The Morgan fingerprint density at radius 3 is 2.95 bits per heavy atom. The van der Waals surface area contributed by atoms with E-state index < -0.39 is 10.0 Å². The third-order valence-electron chi connectivity index (χ3n) is 4.17. The zero-order valence-electron chi connectivity index (χ0n) is 11.5. The number of nitrogens with zero attached hydrogens (tertiary/aromatic N) is 1. The van der Waals surface area contributed by atoms with E-state index in [1.54, 1.807) is 16.4 Å². The van der Waals surface area contributed by atoms with E-state index in [0.29, 0.717) is 28.4 Å². The highest BCUT2D eigenvalue weighted by Crippen LogP contribution is 2.35. The van der Waals surface area contributed by atoms with Gasteiger partial charge in [-0.15, -0.1) is 11.6 Å². The van der Waals surface area contributed by atoms with Crippen molar-refractivity contribution in [1.82, 2.24) is 4.31 Å². The van der Waals surface area contributed by atoms with Gasteiger partial charge in [-0.2, -0.15) is 4.31 Å². The van der Waals surface area contributed by atoms with Crippen LogP contribution < -0.4 is 0 Å². The molecule has 0 amide bonds. The van der Waals surface area contributed by atoms with E-state index >= 15 is 0 Å². The van der Waals surface area contributed by atoms with Gasteiger partial charge in [0.1, 0.15) is 0 Å². The fraction of sp³-hybridized carbons (Fsp3) is 0.571. The second kappa shape index (κ2) is 6.16. The Morgan fingerprint density at radius 2 is 2.19 bits per heavy atom. The van der Waals surface area contributed by atoms with Gasteiger partial charge in [-0.1, -0.05) is 6.07 Å². The lowest BCUT2D eigenvalue weighted by molar-refractivity contribution is -0.0241. The molecular formula is C14H17BrClNO3S. The van der Waals surface area contributed by atoms with Crippen LogP contribution in [0.4, 0.5) is 0 Å². The van der Waals surface area contributed by atoms with Crippen molar-refractivity contribution in [3.8, 4) is 0 Å². The summed E-state index contributed by atoms with van der Waals surface area (Å²) in [5.74, 6) is 0.297. The summed E-state index contributed by atoms with van der Waals surface area (Å²) < 4.78 is 33.9. The fourth-order valence-corrected chi connectivity index (χ4v) is 5.95. The van der Waals surface area contributed by atoms with Gasteiger partial charge >= 0.3 is 0 Å². The molecule has 2 fully saturated rings. The van der Waals surface area contributed by atoms with Crippen LogP contribution in [0.2, 0.25) is 0 Å². The van der Waals surface area contributed by atoms with E-state index in [-0.39, 0.29) is 12.1 Å². The van der Waals surface area contributed by atoms with E-state index in [2.05, 4.69) is 15.9 Å². The highest BCUT2D eigenvalue weighted by atomic mass is 79.9. The minimum atomic E-state index is -3.53. The summed E-state index contributed by atoms with van der Waals surface area (Å²) >= 11 is 9.19. The molecule has 21 heavy (non-hydrogen) atoms. The third kappa shape index (κ3) is 2.88. The molecule has 1 aromatic rings. The summed E-state index contributed by atoms with van der Waals surface area (Å²) in [5, 5.41) is 0. The average molecular weight is 395 g/mol. The molecule has 1 aliphatic heterocycles. The Balaban J connectivity index is 2.00. The van der Waals surface area contributed by atoms with Crippen LogP contribution in [-0.2, 0) is 20.6 Å². The molecule has 116 valence electrons. The molecule has 1 aliphatic carbocycles. The largest absolute Gasteiger partial charge is 0.375 e. The van der Waals surface area contributed by atoms with Gasteiger partial charge in [-0.05, 0) is 52.9 Å². The zero-order valence-corrected chi connectivity index (χ0v) is 14.6. The van der Waals surface area contributed by atoms with Crippen molar-refractivity contribution < 1.29 is 13.2 Å². The van der Waals surface area contributed by atoms with Gasteiger partial charge in [0.25, 0.3) is 0 Å². The molecular weight excluding hydrogens is 378 g/mol. The van der Waals surface area contributed by atoms with Crippen molar-refractivity contribution in [3.05, 3.63) is 28.2 Å². The smallest absolute Gasteiger partial charge is 0.244 e. The van der Waals surface area contributed by atoms with E-state index in [0.717, 1.165) is 24.8 Å². The Bertz CT molecular complexity index is 637. The van der Waals surface area contributed by atoms with Crippen molar-refractivity contribution in [2.24, 2.45) is 0 Å². The van der Waals surface area contributed by atoms with Crippen LogP contribution in [0.25, 0.3) is 0 Å². The molecule has 1 heterocycles. The first-order chi connectivity index (χ1) is 10.0. The van der Waals surface area contributed by atoms with Crippen LogP contribution in [0.15, 0.2) is 27.6 Å². The van der Waals surface area contributed by atoms with Crippen LogP contribution in [0.1, 0.15) is 24.8 Å². The van der Waals surface area contributed by atoms with Gasteiger partial charge in [0.05, 0.1) is 23.6 Å². The second-order valence-electron chi connectivity index (χ2n) is 5.42. The summed E-state index contributed by atoms with van der Waals surface area (Å²) in [6, 6.07) is 5.20. The molecule has 0 N–H and O–H groups in total. The van der Waals surface area contributed by atoms with Gasteiger partial charge in [0.15, 0.2) is 0 Å². The molecule has 2 aliphatic rings. The number of sulfonamides is 1. The van der Waals surface area contributed by atoms with Crippen molar-refractivity contribution in [3.63, 3.8) is 0 Å². The number of fused-ring (bicyclic) bond motifs is 1. The maximum Gasteiger partial charge on any atom is 0.244 e. The van der Waals surface area contributed by atoms with Gasteiger partial charge in [0.2, 0.25) is 10.0 Å². The molecule has 0 radical (unpaired) electrons. The highest BCUT2D eigenvalue weighted by molar-refractivity contribution is 9.10. The monoisotopic (exact) mass is 393 g/mol. The van der Waals surface area contributed by atoms with Crippen molar-refractivity contribution >= 4 is 37.6 Å². The molecule has 1 aromatic carbocycles. The summed E-state index contributed by atoms with van der Waals surface area (Å²) in [6.45, 7) is 0.883. The van der Waals surface area contributed by atoms with Gasteiger partial charge in [0, 0.05) is 16.9 Å². The number of benzene rings is 1. The first kappa shape index (κ1) is 15.7. The molecule has 7 heteroatoms. The van der Waals surface area contributed by atoms with E-state index in [1.165, 1.54) is 0 Å². The normalized spacial score (nSPS) is 26.8. The van der Waals surface area contributed by atoms with Crippen molar-refractivity contribution in [1.29, 1.82) is 0 Å². The maximum absolute atomic E-state index is 13.0. The summed E-state index contributed by atoms with van der Waals surface area (Å²) in [5.41, 5.74) is 0.801. The first-order valence-electron chi connectivity index (χ1n) is 7.02. The van der Waals surface area contributed by atoms with Gasteiger partial charge < -0.3 is 4.74 Å². The number of rotatable bonds is 3. The Labute approximate surface area is 138 Å². The Morgan fingerprint density at radius 1 is 1.38 bits per heavy atom. The zero-order chi connectivity index (χ0) is 15.0. The predicted octanol–water partition coefficient (Wildman–Crippen LogP) is 3.13. The Hall–Kier alpha value is -0.140. The number of hydrogen-bond acceptors (Lipinski definition) is 3. The number of alkyl halides is 1. The lowest BCUT2D eigenvalue weighted by Gasteiger charge is -2.36. The van der Waals surface area contributed by atoms with E-state index in [1.807, 2.05) is 6.07 Å². The van der Waals surface area contributed by atoms with Gasteiger partial charge in [-0.25, -0.2) is 8.42 Å². The average Bonchev–Trinajstić information content (AvgIpc) is 2.95. The summed E-state index contributed by atoms with van der Waals surface area (Å²) in [6.07, 6.45) is 2.88. The number of morpholine rings is 1. The second-order valence-corrected chi connectivity index (χ2v) is 8.40. The molecule has 1 saturated carbocycles. The molecule has 2 atom stereocenters. The van der Waals surface area contributed by atoms with Crippen LogP contribution in [0, 0.1) is 0 Å². The molecule has 4 nitrogen and oxygen atoms in total. The van der Waals surface area contributed by atoms with Gasteiger partial charge in [-0.3, -0.25) is 0 Å². The topological polar surface area (TPSA) is 46.6 Å². The van der Waals surface area contributed by atoms with Crippen LogP contribution in [-0.4, -0.2) is 38.0 Å². The van der Waals surface area contributed by atoms with Crippen molar-refractivity contribution in [2.45, 2.75) is 42.2 Å². The third-order valence-corrected chi connectivity index (χ3v) is 7.39. The quantitative estimate of drug-likeness (QED) is 0.740. The molecule has 2 unspecified atom stereocenters. The van der Waals surface area contributed by atoms with Crippen molar-refractivity contribution in [2.75, 3.05) is 13.2 Å². The van der Waals surface area contributed by atoms with Crippen LogP contribution >= 0.6 is 27.5 Å². The molecule has 0 bridgehead atoms. The summed E-state index contributed by atoms with van der Waals surface area (Å²) in [4.78, 5) is 0.299. The molecule has 0 spiro atoms. The van der Waals surface area contributed by atoms with E-state index in [9.17, 15) is 8.42 Å². The van der Waals surface area contributed by atoms with E-state index in [4.69, 9.17) is 16.3 Å². The minimum Gasteiger partial charge on any atom is -0.375 e. The summed E-state index contributed by atoms with van der Waals surface area (Å²) in [7, 11) is -3.53. The molecule has 0 aromatic heterocycles. The Kier molecular flexibility index (Phi) is 4.62. The first-order valence-corrected chi connectivity index (χ1v) is 9.78. The lowest BCUT2D eigenvalue weighted by Crippen LogP contribution is -2.51. The number of ether oxygens (including phenoxy) is 1. The number of hydrogen-bond donors (Lipinski definition) is 0. The van der Waals surface area contributed by atoms with Crippen LogP contribution in [0.3, 0.4) is 0 Å².